The number of aromatic nitrogens is 2. The van der Waals surface area contributed by atoms with Crippen LogP contribution in [-0.4, -0.2) is 46.6 Å². The van der Waals surface area contributed by atoms with Gasteiger partial charge in [0, 0.05) is 31.3 Å². The minimum atomic E-state index is -0.0308. The van der Waals surface area contributed by atoms with E-state index in [1.807, 2.05) is 18.9 Å². The number of aryl methyl sites for hydroxylation is 1. The first-order valence-electron chi connectivity index (χ1n) is 8.18. The van der Waals surface area contributed by atoms with Gasteiger partial charge in [0.15, 0.2) is 0 Å². The molecule has 1 saturated carbocycles. The predicted octanol–water partition coefficient (Wildman–Crippen LogP) is 2.84. The number of hydrogen-bond donors (Lipinski definition) is 0. The van der Waals surface area contributed by atoms with Crippen molar-refractivity contribution in [3.63, 3.8) is 0 Å². The Bertz CT molecular complexity index is 528. The van der Waals surface area contributed by atoms with Crippen molar-refractivity contribution in [1.82, 2.24) is 14.9 Å². The molecular formula is C17H27N3O2. The van der Waals surface area contributed by atoms with Crippen LogP contribution >= 0.6 is 0 Å². The highest BCUT2D eigenvalue weighted by molar-refractivity contribution is 5.92. The molecule has 0 aliphatic heterocycles. The summed E-state index contributed by atoms with van der Waals surface area (Å²) in [7, 11) is 1.88. The number of ether oxygens (including phenoxy) is 1. The normalized spacial score (nSPS) is 23.0. The molecule has 0 saturated heterocycles. The van der Waals surface area contributed by atoms with E-state index in [0.717, 1.165) is 25.9 Å². The minimum Gasteiger partial charge on any atom is -0.378 e. The Morgan fingerprint density at radius 2 is 2.09 bits per heavy atom. The second-order valence-electron chi connectivity index (χ2n) is 6.04. The summed E-state index contributed by atoms with van der Waals surface area (Å²) in [6.45, 7) is 8.93. The third-order valence-electron chi connectivity index (χ3n) is 5.21. The molecular weight excluding hydrogens is 278 g/mol. The zero-order chi connectivity index (χ0) is 16.3. The Labute approximate surface area is 133 Å². The maximum absolute atomic E-state index is 12.7. The number of rotatable bonds is 6. The number of carbonyl (C=O) groups is 1. The summed E-state index contributed by atoms with van der Waals surface area (Å²) in [6, 6.07) is 1.89. The number of hydrogen-bond acceptors (Lipinski definition) is 4. The van der Waals surface area contributed by atoms with Crippen LogP contribution in [0.2, 0.25) is 0 Å². The maximum atomic E-state index is 12.7. The number of amides is 1. The van der Waals surface area contributed by atoms with E-state index in [4.69, 9.17) is 4.74 Å². The predicted molar refractivity (Wildman–Crippen MR) is 85.7 cm³/mol. The van der Waals surface area contributed by atoms with Crippen molar-refractivity contribution in [2.24, 2.45) is 5.41 Å². The summed E-state index contributed by atoms with van der Waals surface area (Å²) in [5.74, 6) is 0.592. The van der Waals surface area contributed by atoms with Gasteiger partial charge in [-0.05, 0) is 39.2 Å². The van der Waals surface area contributed by atoms with Crippen LogP contribution in [0.25, 0.3) is 0 Å². The smallest absolute Gasteiger partial charge is 0.272 e. The van der Waals surface area contributed by atoms with E-state index in [0.29, 0.717) is 11.5 Å². The summed E-state index contributed by atoms with van der Waals surface area (Å²) in [5.41, 5.74) is 0.527. The largest absolute Gasteiger partial charge is 0.378 e. The van der Waals surface area contributed by atoms with E-state index in [2.05, 4.69) is 23.8 Å². The molecule has 1 aromatic rings. The third-order valence-corrected chi connectivity index (χ3v) is 5.21. The van der Waals surface area contributed by atoms with Crippen molar-refractivity contribution >= 4 is 5.91 Å². The Balaban J connectivity index is 2.18. The second-order valence-corrected chi connectivity index (χ2v) is 6.04. The molecule has 1 fully saturated rings. The first-order valence-corrected chi connectivity index (χ1v) is 8.18. The lowest BCUT2D eigenvalue weighted by molar-refractivity contribution is -0.159. The Morgan fingerprint density at radius 3 is 2.64 bits per heavy atom. The molecule has 5 nitrogen and oxygen atoms in total. The zero-order valence-electron chi connectivity index (χ0n) is 14.3. The van der Waals surface area contributed by atoms with Crippen LogP contribution in [0.4, 0.5) is 0 Å². The average molecular weight is 305 g/mol. The van der Waals surface area contributed by atoms with E-state index in [-0.39, 0.29) is 23.5 Å². The minimum absolute atomic E-state index is 0.0308. The van der Waals surface area contributed by atoms with Crippen molar-refractivity contribution in [1.29, 1.82) is 0 Å². The number of carbonyl (C=O) groups excluding carboxylic acids is 1. The van der Waals surface area contributed by atoms with Gasteiger partial charge in [0.25, 0.3) is 5.91 Å². The second kappa shape index (κ2) is 6.73. The molecule has 0 unspecified atom stereocenters. The van der Waals surface area contributed by atoms with E-state index < -0.39 is 0 Å². The van der Waals surface area contributed by atoms with Gasteiger partial charge >= 0.3 is 0 Å². The van der Waals surface area contributed by atoms with E-state index in [1.165, 1.54) is 0 Å². The fourth-order valence-corrected chi connectivity index (χ4v) is 3.78. The lowest BCUT2D eigenvalue weighted by Crippen LogP contribution is -2.64. The maximum Gasteiger partial charge on any atom is 0.272 e. The molecule has 122 valence electrons. The molecule has 0 radical (unpaired) electrons. The van der Waals surface area contributed by atoms with Crippen LogP contribution < -0.4 is 0 Å². The fourth-order valence-electron chi connectivity index (χ4n) is 3.78. The molecule has 1 aromatic heterocycles. The molecule has 1 heterocycles. The first kappa shape index (κ1) is 16.9. The van der Waals surface area contributed by atoms with Gasteiger partial charge in [-0.25, -0.2) is 9.97 Å². The van der Waals surface area contributed by atoms with Crippen LogP contribution in [0, 0.1) is 12.3 Å². The molecule has 1 aliphatic carbocycles. The fraction of sp³-hybridized carbons (Fsp3) is 0.706. The lowest BCUT2D eigenvalue weighted by atomic mass is 9.58. The van der Waals surface area contributed by atoms with Gasteiger partial charge < -0.3 is 9.64 Å². The highest BCUT2D eigenvalue weighted by atomic mass is 16.5. The quantitative estimate of drug-likeness (QED) is 0.811. The molecule has 1 amide bonds. The van der Waals surface area contributed by atoms with E-state index in [9.17, 15) is 4.79 Å². The Morgan fingerprint density at radius 1 is 1.41 bits per heavy atom. The van der Waals surface area contributed by atoms with Gasteiger partial charge in [-0.1, -0.05) is 13.8 Å². The highest BCUT2D eigenvalue weighted by Gasteiger charge is 2.55. The van der Waals surface area contributed by atoms with Gasteiger partial charge in [0.2, 0.25) is 0 Å². The zero-order valence-corrected chi connectivity index (χ0v) is 14.3. The van der Waals surface area contributed by atoms with E-state index >= 15 is 0 Å². The van der Waals surface area contributed by atoms with Gasteiger partial charge in [-0.3, -0.25) is 4.79 Å². The van der Waals surface area contributed by atoms with Crippen molar-refractivity contribution in [3.05, 3.63) is 23.8 Å². The lowest BCUT2D eigenvalue weighted by Gasteiger charge is -2.58. The molecule has 22 heavy (non-hydrogen) atoms. The van der Waals surface area contributed by atoms with Crippen LogP contribution in [-0.2, 0) is 4.74 Å². The monoisotopic (exact) mass is 305 g/mol. The topological polar surface area (TPSA) is 55.3 Å². The van der Waals surface area contributed by atoms with Gasteiger partial charge in [0.1, 0.15) is 11.5 Å². The summed E-state index contributed by atoms with van der Waals surface area (Å²) in [4.78, 5) is 22.9. The standard InChI is InChI=1S/C17H27N3O2/c1-6-17(7-2)14(11-15(17)22-8-3)20(5)16(21)13-9-10-18-12(4)19-13/h9-10,14-15H,6-8,11H2,1-5H3/t14-,15-/m0/s1. The Kier molecular flexibility index (Phi) is 5.16. The van der Waals surface area contributed by atoms with Gasteiger partial charge in [-0.15, -0.1) is 0 Å². The summed E-state index contributed by atoms with van der Waals surface area (Å²) >= 11 is 0. The van der Waals surface area contributed by atoms with E-state index in [1.54, 1.807) is 19.2 Å². The summed E-state index contributed by atoms with van der Waals surface area (Å²) in [5, 5.41) is 0. The first-order chi connectivity index (χ1) is 10.5. The van der Waals surface area contributed by atoms with Crippen LogP contribution in [0.5, 0.6) is 0 Å². The third kappa shape index (κ3) is 2.74. The SMILES string of the molecule is CCO[C@H]1C[C@H](N(C)C(=O)c2ccnc(C)n2)C1(CC)CC. The molecule has 2 atom stereocenters. The van der Waals surface area contributed by atoms with Crippen molar-refractivity contribution in [2.45, 2.75) is 59.1 Å². The van der Waals surface area contributed by atoms with Crippen LogP contribution in [0.1, 0.15) is 56.3 Å². The van der Waals surface area contributed by atoms with Crippen molar-refractivity contribution in [3.8, 4) is 0 Å². The number of nitrogens with zero attached hydrogens (tertiary/aromatic N) is 3. The van der Waals surface area contributed by atoms with Gasteiger partial charge in [-0.2, -0.15) is 0 Å². The van der Waals surface area contributed by atoms with Crippen molar-refractivity contribution in [2.75, 3.05) is 13.7 Å². The molecule has 0 bridgehead atoms. The summed E-state index contributed by atoms with van der Waals surface area (Å²) < 4.78 is 5.90. The summed E-state index contributed by atoms with van der Waals surface area (Å²) in [6.07, 6.45) is 4.82. The highest BCUT2D eigenvalue weighted by Crippen LogP contribution is 2.51. The molecule has 1 aliphatic rings. The average Bonchev–Trinajstić information content (AvgIpc) is 2.51. The molecule has 2 rings (SSSR count). The molecule has 0 spiro atoms. The van der Waals surface area contributed by atoms with Crippen molar-refractivity contribution < 1.29 is 9.53 Å². The van der Waals surface area contributed by atoms with Crippen LogP contribution in [0.15, 0.2) is 12.3 Å². The molecule has 5 heteroatoms. The van der Waals surface area contributed by atoms with Gasteiger partial charge in [0.05, 0.1) is 6.10 Å². The van der Waals surface area contributed by atoms with Crippen LogP contribution in [0.3, 0.4) is 0 Å². The Hall–Kier alpha value is -1.49. The molecule has 0 N–H and O–H groups in total. The molecule has 0 aromatic carbocycles.